The van der Waals surface area contributed by atoms with Crippen molar-refractivity contribution in [3.8, 4) is 0 Å². The van der Waals surface area contributed by atoms with Gasteiger partial charge in [-0.2, -0.15) is 0 Å². The first-order valence-electron chi connectivity index (χ1n) is 12.9. The molecule has 38 heavy (non-hydrogen) atoms. The second-order valence-electron chi connectivity index (χ2n) is 9.71. The van der Waals surface area contributed by atoms with Crippen LogP contribution in [0.25, 0.3) is 0 Å². The minimum absolute atomic E-state index is 0.0334. The lowest BCUT2D eigenvalue weighted by Crippen LogP contribution is -2.50. The van der Waals surface area contributed by atoms with Crippen molar-refractivity contribution in [1.29, 1.82) is 0 Å². The van der Waals surface area contributed by atoms with E-state index in [1.165, 1.54) is 9.21 Å². The molecular formula is C28H39Cl2N3O4S. The zero-order valence-electron chi connectivity index (χ0n) is 23.1. The summed E-state index contributed by atoms with van der Waals surface area (Å²) < 4.78 is 26.5. The van der Waals surface area contributed by atoms with Crippen LogP contribution in [-0.4, -0.2) is 50.0 Å². The molecule has 1 N–H and O–H groups in total. The standard InChI is InChI=1S/C28H39Cl2N3O4S/c1-7-21(5)31-28(35)26(8-2)32(18-22-12-13-23(29)17-25(22)30)27(34)10-9-15-33(38(6,36)37)24-14-11-19(3)20(4)16-24/h11-14,16-17,21,26H,7-10,15,18H2,1-6H3,(H,31,35)/t21-,26-/m1/s1. The first kappa shape index (κ1) is 31.9. The number of benzene rings is 2. The van der Waals surface area contributed by atoms with Crippen molar-refractivity contribution in [2.45, 2.75) is 78.9 Å². The van der Waals surface area contributed by atoms with E-state index < -0.39 is 16.1 Å². The number of nitrogens with zero attached hydrogens (tertiary/aromatic N) is 2. The second-order valence-corrected chi connectivity index (χ2v) is 12.5. The summed E-state index contributed by atoms with van der Waals surface area (Å²) in [6, 6.07) is 9.80. The Labute approximate surface area is 237 Å². The van der Waals surface area contributed by atoms with Crippen LogP contribution in [0, 0.1) is 13.8 Å². The molecule has 7 nitrogen and oxygen atoms in total. The van der Waals surface area contributed by atoms with Crippen molar-refractivity contribution >= 4 is 50.7 Å². The molecule has 0 saturated heterocycles. The lowest BCUT2D eigenvalue weighted by atomic mass is 10.1. The van der Waals surface area contributed by atoms with Crippen LogP contribution in [0.1, 0.15) is 63.1 Å². The van der Waals surface area contributed by atoms with Crippen molar-refractivity contribution in [2.75, 3.05) is 17.1 Å². The molecule has 0 unspecified atom stereocenters. The van der Waals surface area contributed by atoms with E-state index in [0.29, 0.717) is 27.7 Å². The van der Waals surface area contributed by atoms with Crippen molar-refractivity contribution in [1.82, 2.24) is 10.2 Å². The third kappa shape index (κ3) is 8.89. The molecule has 2 atom stereocenters. The summed E-state index contributed by atoms with van der Waals surface area (Å²) in [5.74, 6) is -0.483. The number of halogens is 2. The number of anilines is 1. The summed E-state index contributed by atoms with van der Waals surface area (Å²) in [5.41, 5.74) is 3.28. The van der Waals surface area contributed by atoms with E-state index in [2.05, 4.69) is 5.32 Å². The van der Waals surface area contributed by atoms with Crippen LogP contribution in [0.4, 0.5) is 5.69 Å². The van der Waals surface area contributed by atoms with E-state index >= 15 is 0 Å². The van der Waals surface area contributed by atoms with Gasteiger partial charge in [0.2, 0.25) is 21.8 Å². The van der Waals surface area contributed by atoms with E-state index in [1.54, 1.807) is 24.3 Å². The zero-order chi connectivity index (χ0) is 28.6. The Hall–Kier alpha value is -2.29. The fraction of sp³-hybridized carbons (Fsp3) is 0.500. The monoisotopic (exact) mass is 583 g/mol. The maximum atomic E-state index is 13.6. The van der Waals surface area contributed by atoms with Crippen molar-refractivity contribution < 1.29 is 18.0 Å². The third-order valence-electron chi connectivity index (χ3n) is 6.67. The van der Waals surface area contributed by atoms with Gasteiger partial charge in [0.1, 0.15) is 6.04 Å². The number of aryl methyl sites for hydroxylation is 2. The number of carbonyl (C=O) groups excluding carboxylic acids is 2. The molecule has 0 fully saturated rings. The summed E-state index contributed by atoms with van der Waals surface area (Å²) in [5, 5.41) is 3.86. The van der Waals surface area contributed by atoms with E-state index in [-0.39, 0.29) is 43.8 Å². The second kappa shape index (κ2) is 14.2. The van der Waals surface area contributed by atoms with Crippen LogP contribution in [0.2, 0.25) is 10.0 Å². The van der Waals surface area contributed by atoms with Crippen LogP contribution < -0.4 is 9.62 Å². The van der Waals surface area contributed by atoms with E-state index in [0.717, 1.165) is 23.8 Å². The van der Waals surface area contributed by atoms with Crippen LogP contribution in [0.3, 0.4) is 0 Å². The lowest BCUT2D eigenvalue weighted by molar-refractivity contribution is -0.141. The Morgan fingerprint density at radius 1 is 1.00 bits per heavy atom. The molecule has 0 radical (unpaired) electrons. The Kier molecular flexibility index (Phi) is 11.9. The SMILES string of the molecule is CC[C@@H](C)NC(=O)[C@@H](CC)N(Cc1ccc(Cl)cc1Cl)C(=O)CCCN(c1ccc(C)c(C)c1)S(C)(=O)=O. The van der Waals surface area contributed by atoms with Crippen LogP contribution in [0.15, 0.2) is 36.4 Å². The first-order chi connectivity index (χ1) is 17.8. The summed E-state index contributed by atoms with van der Waals surface area (Å²) in [6.07, 6.45) is 2.68. The normalized spacial score (nSPS) is 13.1. The van der Waals surface area contributed by atoms with Crippen molar-refractivity contribution in [3.05, 3.63) is 63.1 Å². The van der Waals surface area contributed by atoms with Crippen LogP contribution in [0.5, 0.6) is 0 Å². The molecule has 0 aliphatic rings. The largest absolute Gasteiger partial charge is 0.352 e. The molecule has 0 bridgehead atoms. The molecule has 0 saturated carbocycles. The number of nitrogens with one attached hydrogen (secondary N) is 1. The Balaban J connectivity index is 2.28. The maximum absolute atomic E-state index is 13.6. The number of carbonyl (C=O) groups is 2. The molecule has 0 aliphatic carbocycles. The first-order valence-corrected chi connectivity index (χ1v) is 15.5. The Morgan fingerprint density at radius 3 is 2.24 bits per heavy atom. The molecule has 10 heteroatoms. The van der Waals surface area contributed by atoms with Gasteiger partial charge in [-0.15, -0.1) is 0 Å². The highest BCUT2D eigenvalue weighted by Crippen LogP contribution is 2.25. The molecule has 0 spiro atoms. The number of rotatable bonds is 13. The third-order valence-corrected chi connectivity index (χ3v) is 8.45. The number of sulfonamides is 1. The van der Waals surface area contributed by atoms with Gasteiger partial charge >= 0.3 is 0 Å². The van der Waals surface area contributed by atoms with Gasteiger partial charge in [-0.25, -0.2) is 8.42 Å². The molecule has 2 aromatic rings. The fourth-order valence-electron chi connectivity index (χ4n) is 4.08. The molecule has 0 aromatic heterocycles. The average molecular weight is 585 g/mol. The van der Waals surface area contributed by atoms with Crippen molar-refractivity contribution in [3.63, 3.8) is 0 Å². The highest BCUT2D eigenvalue weighted by atomic mass is 35.5. The number of amides is 2. The zero-order valence-corrected chi connectivity index (χ0v) is 25.4. The maximum Gasteiger partial charge on any atom is 0.243 e. The smallest absolute Gasteiger partial charge is 0.243 e. The molecule has 210 valence electrons. The van der Waals surface area contributed by atoms with E-state index in [9.17, 15) is 18.0 Å². The van der Waals surface area contributed by atoms with Gasteiger partial charge in [-0.05, 0) is 81.0 Å². The molecule has 0 aliphatic heterocycles. The van der Waals surface area contributed by atoms with E-state index in [4.69, 9.17) is 23.2 Å². The van der Waals surface area contributed by atoms with Gasteiger partial charge in [0, 0.05) is 35.6 Å². The average Bonchev–Trinajstić information content (AvgIpc) is 2.83. The van der Waals surface area contributed by atoms with Crippen LogP contribution >= 0.6 is 23.2 Å². The quantitative estimate of drug-likeness (QED) is 0.319. The Bertz CT molecular complexity index is 1240. The molecular weight excluding hydrogens is 545 g/mol. The van der Waals surface area contributed by atoms with Gasteiger partial charge in [0.05, 0.1) is 11.9 Å². The summed E-state index contributed by atoms with van der Waals surface area (Å²) in [4.78, 5) is 28.2. The number of hydrogen-bond acceptors (Lipinski definition) is 4. The van der Waals surface area contributed by atoms with Gasteiger partial charge in [0.15, 0.2) is 0 Å². The van der Waals surface area contributed by atoms with E-state index in [1.807, 2.05) is 46.8 Å². The Morgan fingerprint density at radius 2 is 1.68 bits per heavy atom. The predicted molar refractivity (Wildman–Crippen MR) is 156 cm³/mol. The predicted octanol–water partition coefficient (Wildman–Crippen LogP) is 5.88. The fourth-order valence-corrected chi connectivity index (χ4v) is 5.50. The van der Waals surface area contributed by atoms with Crippen molar-refractivity contribution in [2.24, 2.45) is 0 Å². The highest BCUT2D eigenvalue weighted by Gasteiger charge is 2.30. The summed E-state index contributed by atoms with van der Waals surface area (Å²) >= 11 is 12.5. The highest BCUT2D eigenvalue weighted by molar-refractivity contribution is 7.92. The van der Waals surface area contributed by atoms with Gasteiger partial charge in [0.25, 0.3) is 0 Å². The molecule has 2 amide bonds. The van der Waals surface area contributed by atoms with Gasteiger partial charge < -0.3 is 10.2 Å². The summed E-state index contributed by atoms with van der Waals surface area (Å²) in [7, 11) is -3.56. The van der Waals surface area contributed by atoms with Gasteiger partial charge in [-0.3, -0.25) is 13.9 Å². The topological polar surface area (TPSA) is 86.8 Å². The molecule has 0 heterocycles. The number of hydrogen-bond donors (Lipinski definition) is 1. The van der Waals surface area contributed by atoms with Gasteiger partial charge in [-0.1, -0.05) is 49.2 Å². The molecule has 2 rings (SSSR count). The minimum atomic E-state index is -3.56. The lowest BCUT2D eigenvalue weighted by Gasteiger charge is -2.32. The molecule has 2 aromatic carbocycles. The minimum Gasteiger partial charge on any atom is -0.352 e. The van der Waals surface area contributed by atoms with Crippen LogP contribution in [-0.2, 0) is 26.2 Å². The summed E-state index contributed by atoms with van der Waals surface area (Å²) in [6.45, 7) is 9.91.